The van der Waals surface area contributed by atoms with Crippen molar-refractivity contribution in [2.75, 3.05) is 4.90 Å². The second-order valence-electron chi connectivity index (χ2n) is 10.4. The molecule has 0 spiro atoms. The zero-order chi connectivity index (χ0) is 26.1. The van der Waals surface area contributed by atoms with Crippen molar-refractivity contribution >= 4 is 45.8 Å². The smallest absolute Gasteiger partial charge is 0.188 e. The van der Waals surface area contributed by atoms with E-state index in [4.69, 9.17) is 6.57 Å². The molecule has 4 heteroatoms. The second-order valence-corrected chi connectivity index (χ2v) is 13.1. The molecule has 38 heavy (non-hydrogen) atoms. The molecular formula is C34H25N2OP. The predicted octanol–water partition coefficient (Wildman–Crippen LogP) is 7.97. The third-order valence-corrected chi connectivity index (χ3v) is 11.3. The van der Waals surface area contributed by atoms with Crippen LogP contribution in [-0.2, 0) is 9.98 Å². The van der Waals surface area contributed by atoms with Crippen molar-refractivity contribution in [2.45, 2.75) is 19.3 Å². The molecule has 7 rings (SSSR count). The van der Waals surface area contributed by atoms with Gasteiger partial charge in [0, 0.05) is 21.3 Å². The number of anilines is 3. The lowest BCUT2D eigenvalue weighted by atomic mass is 9.73. The van der Waals surface area contributed by atoms with E-state index in [1.807, 2.05) is 54.6 Å². The maximum atomic E-state index is 15.6. The molecule has 0 N–H and O–H groups in total. The number of hydrogen-bond acceptors (Lipinski definition) is 2. The van der Waals surface area contributed by atoms with Gasteiger partial charge in [-0.25, -0.2) is 4.85 Å². The summed E-state index contributed by atoms with van der Waals surface area (Å²) >= 11 is 0. The number of para-hydroxylation sites is 2. The van der Waals surface area contributed by atoms with Crippen molar-refractivity contribution in [3.05, 3.63) is 138 Å². The molecule has 182 valence electrons. The largest absolute Gasteiger partial charge is 0.309 e. The van der Waals surface area contributed by atoms with Crippen LogP contribution in [0.15, 0.2) is 115 Å². The summed E-state index contributed by atoms with van der Waals surface area (Å²) in [7, 11) is -3.29. The molecular weight excluding hydrogens is 483 g/mol. The molecule has 2 heterocycles. The molecule has 0 aliphatic carbocycles. The van der Waals surface area contributed by atoms with Gasteiger partial charge in [0.05, 0.1) is 23.6 Å². The van der Waals surface area contributed by atoms with Crippen LogP contribution in [0.4, 0.5) is 22.7 Å². The van der Waals surface area contributed by atoms with Crippen LogP contribution in [0.25, 0.3) is 16.0 Å². The number of nitrogens with zero attached hydrogens (tertiary/aromatic N) is 2. The van der Waals surface area contributed by atoms with Gasteiger partial charge in [0.1, 0.15) is 0 Å². The van der Waals surface area contributed by atoms with Gasteiger partial charge in [-0.1, -0.05) is 105 Å². The van der Waals surface area contributed by atoms with Crippen LogP contribution in [-0.4, -0.2) is 0 Å². The first-order valence-corrected chi connectivity index (χ1v) is 14.5. The zero-order valence-electron chi connectivity index (χ0n) is 21.2. The lowest BCUT2D eigenvalue weighted by molar-refractivity contribution is 0.593. The Hall–Kier alpha value is -4.38. The Labute approximate surface area is 223 Å². The number of rotatable bonds is 2. The monoisotopic (exact) mass is 508 g/mol. The van der Waals surface area contributed by atoms with Gasteiger partial charge in [-0.05, 0) is 46.5 Å². The standard InChI is InChI=1S/C34H25N2OP/c1-34(2)26-14-6-8-16-28(26)36(29-17-9-7-15-27(29)34)30-21-20-23(35-3)22-33(30)38(37)31-18-10-4-12-24(31)25-13-5-11-19-32(25)38/h4-22H,1-2H3. The lowest BCUT2D eigenvalue weighted by Gasteiger charge is -2.42. The normalized spacial score (nSPS) is 15.6. The van der Waals surface area contributed by atoms with Crippen molar-refractivity contribution < 1.29 is 4.57 Å². The SMILES string of the molecule is [C-]#[N+]c1ccc(N2c3ccccc3C(C)(C)c3ccccc32)c(P2(=O)c3ccccc3-c3ccccc32)c1. The summed E-state index contributed by atoms with van der Waals surface area (Å²) in [5, 5.41) is 2.37. The van der Waals surface area contributed by atoms with Gasteiger partial charge in [-0.2, -0.15) is 0 Å². The number of benzene rings is 5. The van der Waals surface area contributed by atoms with Gasteiger partial charge in [0.25, 0.3) is 0 Å². The van der Waals surface area contributed by atoms with E-state index in [0.29, 0.717) is 11.0 Å². The van der Waals surface area contributed by atoms with Crippen LogP contribution >= 0.6 is 7.14 Å². The van der Waals surface area contributed by atoms with Gasteiger partial charge >= 0.3 is 0 Å². The summed E-state index contributed by atoms with van der Waals surface area (Å²) in [6.45, 7) is 12.3. The summed E-state index contributed by atoms with van der Waals surface area (Å²) in [4.78, 5) is 6.01. The highest BCUT2D eigenvalue weighted by atomic mass is 31.2. The highest BCUT2D eigenvalue weighted by Crippen LogP contribution is 2.57. The van der Waals surface area contributed by atoms with Crippen molar-refractivity contribution in [3.63, 3.8) is 0 Å². The van der Waals surface area contributed by atoms with E-state index in [0.717, 1.165) is 38.8 Å². The van der Waals surface area contributed by atoms with Crippen molar-refractivity contribution in [3.8, 4) is 11.1 Å². The van der Waals surface area contributed by atoms with Crippen molar-refractivity contribution in [2.24, 2.45) is 0 Å². The molecule has 0 saturated heterocycles. The average Bonchev–Trinajstić information content (AvgIpc) is 3.23. The number of fused-ring (bicyclic) bond motifs is 5. The molecule has 0 amide bonds. The predicted molar refractivity (Wildman–Crippen MR) is 158 cm³/mol. The van der Waals surface area contributed by atoms with Crippen LogP contribution in [0.5, 0.6) is 0 Å². The molecule has 5 aromatic rings. The third-order valence-electron chi connectivity index (χ3n) is 8.08. The number of hydrogen-bond donors (Lipinski definition) is 0. The van der Waals surface area contributed by atoms with Gasteiger partial charge in [-0.15, -0.1) is 0 Å². The van der Waals surface area contributed by atoms with E-state index in [-0.39, 0.29) is 5.41 Å². The highest BCUT2D eigenvalue weighted by Gasteiger charge is 2.44. The summed E-state index contributed by atoms with van der Waals surface area (Å²) < 4.78 is 15.6. The quantitative estimate of drug-likeness (QED) is 0.175. The average molecular weight is 509 g/mol. The van der Waals surface area contributed by atoms with E-state index < -0.39 is 7.14 Å². The Morgan fingerprint density at radius 3 is 1.68 bits per heavy atom. The van der Waals surface area contributed by atoms with Crippen LogP contribution in [0.2, 0.25) is 0 Å². The minimum atomic E-state index is -3.29. The summed E-state index contributed by atoms with van der Waals surface area (Å²) in [6.07, 6.45) is 0. The fraction of sp³-hybridized carbons (Fsp3) is 0.0882. The summed E-state index contributed by atoms with van der Waals surface area (Å²) in [5.74, 6) is 0. The lowest BCUT2D eigenvalue weighted by Crippen LogP contribution is -2.33. The Balaban J connectivity index is 1.59. The Bertz CT molecular complexity index is 1760. The molecule has 0 atom stereocenters. The van der Waals surface area contributed by atoms with E-state index in [2.05, 4.69) is 84.3 Å². The molecule has 0 bridgehead atoms. The van der Waals surface area contributed by atoms with Gasteiger partial charge in [0.15, 0.2) is 12.8 Å². The molecule has 0 radical (unpaired) electrons. The Kier molecular flexibility index (Phi) is 4.83. The fourth-order valence-electron chi connectivity index (χ4n) is 6.29. The minimum absolute atomic E-state index is 0.197. The van der Waals surface area contributed by atoms with Crippen LogP contribution in [0.1, 0.15) is 25.0 Å². The third kappa shape index (κ3) is 2.93. The van der Waals surface area contributed by atoms with Gasteiger partial charge < -0.3 is 9.46 Å². The highest BCUT2D eigenvalue weighted by molar-refractivity contribution is 7.86. The van der Waals surface area contributed by atoms with Crippen molar-refractivity contribution in [1.82, 2.24) is 0 Å². The molecule has 0 aromatic heterocycles. The van der Waals surface area contributed by atoms with E-state index in [1.54, 1.807) is 0 Å². The first-order chi connectivity index (χ1) is 18.5. The Morgan fingerprint density at radius 2 is 1.13 bits per heavy atom. The molecule has 2 aliphatic heterocycles. The van der Waals surface area contributed by atoms with Crippen LogP contribution < -0.4 is 20.8 Å². The van der Waals surface area contributed by atoms with E-state index in [1.165, 1.54) is 11.1 Å². The zero-order valence-corrected chi connectivity index (χ0v) is 22.1. The minimum Gasteiger partial charge on any atom is -0.309 e. The van der Waals surface area contributed by atoms with Gasteiger partial charge in [-0.3, -0.25) is 0 Å². The van der Waals surface area contributed by atoms with E-state index in [9.17, 15) is 0 Å². The first-order valence-electron chi connectivity index (χ1n) is 12.8. The maximum absolute atomic E-state index is 15.6. The second kappa shape index (κ2) is 8.06. The fourth-order valence-corrected chi connectivity index (χ4v) is 9.54. The Morgan fingerprint density at radius 1 is 0.632 bits per heavy atom. The van der Waals surface area contributed by atoms with E-state index >= 15 is 4.57 Å². The molecule has 0 unspecified atom stereocenters. The maximum Gasteiger partial charge on any atom is 0.188 e. The molecule has 3 nitrogen and oxygen atoms in total. The molecule has 2 aliphatic rings. The van der Waals surface area contributed by atoms with Crippen molar-refractivity contribution in [1.29, 1.82) is 0 Å². The first kappa shape index (κ1) is 22.8. The summed E-state index contributed by atoms with van der Waals surface area (Å²) in [5.41, 5.74) is 7.71. The van der Waals surface area contributed by atoms with Crippen LogP contribution in [0.3, 0.4) is 0 Å². The topological polar surface area (TPSA) is 24.7 Å². The molecule has 0 saturated carbocycles. The van der Waals surface area contributed by atoms with Crippen LogP contribution in [0, 0.1) is 6.57 Å². The molecule has 0 fully saturated rings. The summed E-state index contributed by atoms with van der Waals surface area (Å²) in [6, 6.07) is 38.7. The molecule has 5 aromatic carbocycles. The van der Waals surface area contributed by atoms with Gasteiger partial charge in [0.2, 0.25) is 0 Å².